The number of nitrogens with zero attached hydrogens (tertiary/aromatic N) is 5. The van der Waals surface area contributed by atoms with Gasteiger partial charge in [-0.3, -0.25) is 9.78 Å². The van der Waals surface area contributed by atoms with Gasteiger partial charge in [-0.25, -0.2) is 9.97 Å². The maximum Gasteiger partial charge on any atom is 0.222 e. The van der Waals surface area contributed by atoms with Crippen molar-refractivity contribution in [1.29, 1.82) is 0 Å². The monoisotopic (exact) mass is 377 g/mol. The number of rotatable bonds is 4. The van der Waals surface area contributed by atoms with Crippen LogP contribution in [-0.4, -0.2) is 44.0 Å². The first-order valence-corrected chi connectivity index (χ1v) is 9.65. The SMILES string of the molecule is CCC(=O)N1CCC(c2nc(-c3ccccn3)ncc2-c2cc(C)no2)CC1. The van der Waals surface area contributed by atoms with E-state index < -0.39 is 0 Å². The number of likely N-dealkylation sites (tertiary alicyclic amines) is 1. The van der Waals surface area contributed by atoms with Crippen LogP contribution in [0, 0.1) is 6.92 Å². The molecule has 144 valence electrons. The highest BCUT2D eigenvalue weighted by atomic mass is 16.5. The van der Waals surface area contributed by atoms with Crippen LogP contribution >= 0.6 is 0 Å². The highest BCUT2D eigenvalue weighted by Gasteiger charge is 2.27. The van der Waals surface area contributed by atoms with Gasteiger partial charge in [-0.05, 0) is 31.9 Å². The van der Waals surface area contributed by atoms with Crippen LogP contribution in [0.1, 0.15) is 43.5 Å². The summed E-state index contributed by atoms with van der Waals surface area (Å²) in [4.78, 5) is 27.7. The van der Waals surface area contributed by atoms with Crippen LogP contribution in [0.15, 0.2) is 41.2 Å². The van der Waals surface area contributed by atoms with E-state index in [9.17, 15) is 4.79 Å². The fraction of sp³-hybridized carbons (Fsp3) is 0.381. The van der Waals surface area contributed by atoms with Gasteiger partial charge in [-0.1, -0.05) is 18.1 Å². The Morgan fingerprint density at radius 1 is 1.25 bits per heavy atom. The Balaban J connectivity index is 1.69. The Bertz CT molecular complexity index is 962. The predicted molar refractivity (Wildman–Crippen MR) is 104 cm³/mol. The lowest BCUT2D eigenvalue weighted by Crippen LogP contribution is -2.37. The van der Waals surface area contributed by atoms with Gasteiger partial charge in [-0.15, -0.1) is 0 Å². The third-order valence-corrected chi connectivity index (χ3v) is 5.14. The molecule has 0 spiro atoms. The van der Waals surface area contributed by atoms with Gasteiger partial charge in [-0.2, -0.15) is 0 Å². The number of amides is 1. The largest absolute Gasteiger partial charge is 0.356 e. The summed E-state index contributed by atoms with van der Waals surface area (Å²) in [5.74, 6) is 1.71. The molecule has 28 heavy (non-hydrogen) atoms. The summed E-state index contributed by atoms with van der Waals surface area (Å²) in [6.07, 6.45) is 5.82. The predicted octanol–water partition coefficient (Wildman–Crippen LogP) is 3.62. The summed E-state index contributed by atoms with van der Waals surface area (Å²) in [7, 11) is 0. The van der Waals surface area contributed by atoms with Crippen LogP contribution in [0.5, 0.6) is 0 Å². The van der Waals surface area contributed by atoms with E-state index >= 15 is 0 Å². The third-order valence-electron chi connectivity index (χ3n) is 5.14. The molecule has 3 aromatic rings. The smallest absolute Gasteiger partial charge is 0.222 e. The van der Waals surface area contributed by atoms with Crippen molar-refractivity contribution in [2.75, 3.05) is 13.1 Å². The Hall–Kier alpha value is -3.09. The van der Waals surface area contributed by atoms with Crippen LogP contribution in [0.4, 0.5) is 0 Å². The lowest BCUT2D eigenvalue weighted by atomic mass is 9.90. The van der Waals surface area contributed by atoms with Gasteiger partial charge in [0.05, 0.1) is 17.0 Å². The summed E-state index contributed by atoms with van der Waals surface area (Å²) in [5, 5.41) is 4.01. The lowest BCUT2D eigenvalue weighted by molar-refractivity contribution is -0.131. The molecule has 1 aliphatic heterocycles. The van der Waals surface area contributed by atoms with E-state index in [1.54, 1.807) is 12.4 Å². The number of carbonyl (C=O) groups excluding carboxylic acids is 1. The summed E-state index contributed by atoms with van der Waals surface area (Å²) < 4.78 is 5.49. The summed E-state index contributed by atoms with van der Waals surface area (Å²) in [5.41, 5.74) is 3.36. The third kappa shape index (κ3) is 3.65. The average Bonchev–Trinajstić information content (AvgIpc) is 3.19. The first kappa shape index (κ1) is 18.3. The van der Waals surface area contributed by atoms with Crippen molar-refractivity contribution in [3.8, 4) is 22.8 Å². The number of aromatic nitrogens is 4. The molecule has 1 amide bonds. The minimum atomic E-state index is 0.210. The second-order valence-electron chi connectivity index (χ2n) is 7.05. The van der Waals surface area contributed by atoms with Crippen molar-refractivity contribution in [3.05, 3.63) is 48.0 Å². The van der Waals surface area contributed by atoms with Crippen molar-refractivity contribution >= 4 is 5.91 Å². The molecular weight excluding hydrogens is 354 g/mol. The highest BCUT2D eigenvalue weighted by Crippen LogP contribution is 2.35. The van der Waals surface area contributed by atoms with Gasteiger partial charge in [0.2, 0.25) is 5.91 Å². The second-order valence-corrected chi connectivity index (χ2v) is 7.05. The molecule has 4 heterocycles. The molecule has 4 rings (SSSR count). The fourth-order valence-corrected chi connectivity index (χ4v) is 3.63. The molecule has 0 aromatic carbocycles. The zero-order chi connectivity index (χ0) is 19.5. The molecule has 0 N–H and O–H groups in total. The first-order chi connectivity index (χ1) is 13.7. The fourth-order valence-electron chi connectivity index (χ4n) is 3.63. The van der Waals surface area contributed by atoms with Crippen LogP contribution in [0.3, 0.4) is 0 Å². The molecule has 0 bridgehead atoms. The van der Waals surface area contributed by atoms with Crippen LogP contribution in [0.25, 0.3) is 22.8 Å². The molecule has 0 atom stereocenters. The molecule has 7 heteroatoms. The number of hydrogen-bond acceptors (Lipinski definition) is 6. The molecule has 0 saturated carbocycles. The molecule has 7 nitrogen and oxygen atoms in total. The molecular formula is C21H23N5O2. The van der Waals surface area contributed by atoms with Crippen LogP contribution in [-0.2, 0) is 4.79 Å². The van der Waals surface area contributed by atoms with Gasteiger partial charge in [0.15, 0.2) is 11.6 Å². The molecule has 1 aliphatic rings. The van der Waals surface area contributed by atoms with E-state index in [4.69, 9.17) is 9.51 Å². The quantitative estimate of drug-likeness (QED) is 0.690. The van der Waals surface area contributed by atoms with E-state index in [-0.39, 0.29) is 11.8 Å². The maximum atomic E-state index is 12.0. The van der Waals surface area contributed by atoms with Gasteiger partial charge in [0.1, 0.15) is 5.69 Å². The molecule has 0 aliphatic carbocycles. The number of pyridine rings is 1. The molecule has 0 radical (unpaired) electrons. The minimum Gasteiger partial charge on any atom is -0.356 e. The maximum absolute atomic E-state index is 12.0. The van der Waals surface area contributed by atoms with Gasteiger partial charge in [0.25, 0.3) is 0 Å². The summed E-state index contributed by atoms with van der Waals surface area (Å²) in [6, 6.07) is 7.60. The van der Waals surface area contributed by atoms with Crippen molar-refractivity contribution in [2.45, 2.75) is 39.0 Å². The summed E-state index contributed by atoms with van der Waals surface area (Å²) >= 11 is 0. The lowest BCUT2D eigenvalue weighted by Gasteiger charge is -2.32. The van der Waals surface area contributed by atoms with E-state index in [1.807, 2.05) is 43.0 Å². The van der Waals surface area contributed by atoms with Crippen molar-refractivity contribution < 1.29 is 9.32 Å². The zero-order valence-corrected chi connectivity index (χ0v) is 16.1. The van der Waals surface area contributed by atoms with Crippen molar-refractivity contribution in [2.24, 2.45) is 0 Å². The first-order valence-electron chi connectivity index (χ1n) is 9.65. The molecule has 0 unspecified atom stereocenters. The number of carbonyl (C=O) groups is 1. The topological polar surface area (TPSA) is 85.0 Å². The Morgan fingerprint density at radius 2 is 2.07 bits per heavy atom. The number of piperidine rings is 1. The molecule has 1 fully saturated rings. The summed E-state index contributed by atoms with van der Waals surface area (Å²) in [6.45, 7) is 5.29. The van der Waals surface area contributed by atoms with E-state index in [2.05, 4.69) is 15.1 Å². The zero-order valence-electron chi connectivity index (χ0n) is 16.1. The van der Waals surface area contributed by atoms with Crippen LogP contribution in [0.2, 0.25) is 0 Å². The molecule has 1 saturated heterocycles. The van der Waals surface area contributed by atoms with Crippen molar-refractivity contribution in [1.82, 2.24) is 25.0 Å². The second kappa shape index (κ2) is 7.88. The van der Waals surface area contributed by atoms with Gasteiger partial charge in [0, 0.05) is 43.9 Å². The number of hydrogen-bond donors (Lipinski definition) is 0. The Kier molecular flexibility index (Phi) is 5.14. The minimum absolute atomic E-state index is 0.210. The van der Waals surface area contributed by atoms with E-state index in [0.29, 0.717) is 18.0 Å². The van der Waals surface area contributed by atoms with Crippen LogP contribution < -0.4 is 0 Å². The standard InChI is InChI=1S/C21H23N5O2/c1-3-19(27)26-10-7-15(8-11-26)20-16(18-12-14(2)25-28-18)13-23-21(24-20)17-6-4-5-9-22-17/h4-6,9,12-13,15H,3,7-8,10-11H2,1-2H3. The van der Waals surface area contributed by atoms with Gasteiger partial charge < -0.3 is 9.42 Å². The van der Waals surface area contributed by atoms with Gasteiger partial charge >= 0.3 is 0 Å². The van der Waals surface area contributed by atoms with E-state index in [0.717, 1.165) is 48.6 Å². The normalized spacial score (nSPS) is 15.0. The highest BCUT2D eigenvalue weighted by molar-refractivity contribution is 5.76. The van der Waals surface area contributed by atoms with Crippen molar-refractivity contribution in [3.63, 3.8) is 0 Å². The molecule has 3 aromatic heterocycles. The number of aryl methyl sites for hydroxylation is 1. The van der Waals surface area contributed by atoms with E-state index in [1.165, 1.54) is 0 Å². The average molecular weight is 377 g/mol. The Labute approximate surface area is 163 Å². The Morgan fingerprint density at radius 3 is 2.71 bits per heavy atom.